The van der Waals surface area contributed by atoms with Crippen molar-refractivity contribution in [3.63, 3.8) is 0 Å². The van der Waals surface area contributed by atoms with E-state index in [0.717, 1.165) is 12.0 Å². The number of hydrogen-bond donors (Lipinski definition) is 2. The van der Waals surface area contributed by atoms with Crippen LogP contribution in [0.5, 0.6) is 0 Å². The molecule has 0 aliphatic heterocycles. The smallest absolute Gasteiger partial charge is 0.0902 e. The Bertz CT molecular complexity index is 247. The van der Waals surface area contributed by atoms with Gasteiger partial charge in [0.15, 0.2) is 0 Å². The minimum atomic E-state index is -0.206. The summed E-state index contributed by atoms with van der Waals surface area (Å²) in [6.07, 6.45) is 3.56. The van der Waals surface area contributed by atoms with Crippen molar-refractivity contribution in [1.29, 1.82) is 0 Å². The molecular formula is C14H29NS2. The maximum absolute atomic E-state index is 4.66. The van der Waals surface area contributed by atoms with E-state index in [4.69, 9.17) is 0 Å². The molecule has 0 aromatic heterocycles. The minimum Gasteiger partial charge on any atom is -0.257 e. The second-order valence-electron chi connectivity index (χ2n) is 5.25. The number of rotatable bonds is 8. The molecule has 0 saturated heterocycles. The van der Waals surface area contributed by atoms with Crippen LogP contribution in [0.3, 0.4) is 0 Å². The summed E-state index contributed by atoms with van der Waals surface area (Å²) in [4.78, 5) is 0. The average molecular weight is 276 g/mol. The highest BCUT2D eigenvalue weighted by Crippen LogP contribution is 2.37. The molecule has 0 rings (SSSR count). The first-order valence-corrected chi connectivity index (χ1v) is 7.83. The first kappa shape index (κ1) is 17.4. The predicted molar refractivity (Wildman–Crippen MR) is 85.7 cm³/mol. The Labute approximate surface area is 118 Å². The van der Waals surface area contributed by atoms with Gasteiger partial charge in [0.05, 0.1) is 4.08 Å². The van der Waals surface area contributed by atoms with Crippen LogP contribution in [0.15, 0.2) is 12.2 Å². The minimum absolute atomic E-state index is 0.174. The van der Waals surface area contributed by atoms with Gasteiger partial charge in [-0.2, -0.15) is 12.6 Å². The van der Waals surface area contributed by atoms with Gasteiger partial charge < -0.3 is 0 Å². The van der Waals surface area contributed by atoms with Crippen LogP contribution in [0.2, 0.25) is 0 Å². The molecule has 3 heteroatoms. The second-order valence-corrected chi connectivity index (χ2v) is 7.67. The Morgan fingerprint density at radius 1 is 1.29 bits per heavy atom. The Morgan fingerprint density at radius 3 is 2.06 bits per heavy atom. The molecule has 0 aliphatic carbocycles. The molecule has 0 amide bonds. The fourth-order valence-electron chi connectivity index (χ4n) is 1.94. The van der Waals surface area contributed by atoms with E-state index in [1.54, 1.807) is 11.9 Å². The van der Waals surface area contributed by atoms with Gasteiger partial charge in [-0.25, -0.2) is 0 Å². The zero-order valence-electron chi connectivity index (χ0n) is 12.3. The third kappa shape index (κ3) is 4.88. The van der Waals surface area contributed by atoms with E-state index in [2.05, 4.69) is 58.5 Å². The van der Waals surface area contributed by atoms with Gasteiger partial charge in [0.1, 0.15) is 0 Å². The van der Waals surface area contributed by atoms with Crippen LogP contribution >= 0.6 is 24.6 Å². The van der Waals surface area contributed by atoms with Gasteiger partial charge >= 0.3 is 0 Å². The largest absolute Gasteiger partial charge is 0.257 e. The van der Waals surface area contributed by atoms with Crippen LogP contribution in [0.4, 0.5) is 0 Å². The van der Waals surface area contributed by atoms with Crippen molar-refractivity contribution < 1.29 is 0 Å². The quantitative estimate of drug-likeness (QED) is 0.278. The summed E-state index contributed by atoms with van der Waals surface area (Å²) in [5.41, 5.74) is 1.26. The lowest BCUT2D eigenvalue weighted by Gasteiger charge is -2.39. The summed E-state index contributed by atoms with van der Waals surface area (Å²) >= 11 is 6.35. The summed E-state index contributed by atoms with van der Waals surface area (Å²) < 4.78 is 3.44. The molecule has 0 saturated carbocycles. The summed E-state index contributed by atoms with van der Waals surface area (Å²) in [5, 5.41) is 0. The van der Waals surface area contributed by atoms with Gasteiger partial charge in [0, 0.05) is 5.54 Å². The van der Waals surface area contributed by atoms with Crippen LogP contribution in [0.25, 0.3) is 0 Å². The average Bonchev–Trinajstić information content (AvgIpc) is 2.28. The second kappa shape index (κ2) is 7.10. The zero-order valence-corrected chi connectivity index (χ0v) is 14.0. The molecule has 102 valence electrons. The van der Waals surface area contributed by atoms with E-state index >= 15 is 0 Å². The fraction of sp³-hybridized carbons (Fsp3) is 0.857. The van der Waals surface area contributed by atoms with Crippen molar-refractivity contribution in [2.75, 3.05) is 0 Å². The highest BCUT2D eigenvalue weighted by Gasteiger charge is 2.33. The van der Waals surface area contributed by atoms with E-state index in [1.165, 1.54) is 12.8 Å². The first-order valence-electron chi connectivity index (χ1n) is 6.57. The molecule has 0 spiro atoms. The fourth-order valence-corrected chi connectivity index (χ4v) is 2.99. The van der Waals surface area contributed by atoms with Gasteiger partial charge in [0.25, 0.3) is 0 Å². The van der Waals surface area contributed by atoms with E-state index in [9.17, 15) is 0 Å². The van der Waals surface area contributed by atoms with Crippen molar-refractivity contribution in [3.8, 4) is 0 Å². The normalized spacial score (nSPS) is 18.8. The third-order valence-corrected chi connectivity index (χ3v) is 5.87. The van der Waals surface area contributed by atoms with E-state index < -0.39 is 0 Å². The summed E-state index contributed by atoms with van der Waals surface area (Å²) in [7, 11) is 0. The molecule has 0 fully saturated rings. The molecular weight excluding hydrogens is 246 g/mol. The van der Waals surface area contributed by atoms with E-state index in [-0.39, 0.29) is 9.62 Å². The zero-order chi connectivity index (χ0) is 13.7. The maximum atomic E-state index is 4.66. The van der Waals surface area contributed by atoms with E-state index in [1.807, 2.05) is 6.92 Å². The van der Waals surface area contributed by atoms with Gasteiger partial charge in [0.2, 0.25) is 0 Å². The van der Waals surface area contributed by atoms with E-state index in [0.29, 0.717) is 5.92 Å². The van der Waals surface area contributed by atoms with Crippen LogP contribution in [0.1, 0.15) is 60.8 Å². The van der Waals surface area contributed by atoms with Crippen LogP contribution in [-0.4, -0.2) is 9.62 Å². The van der Waals surface area contributed by atoms with Gasteiger partial charge in [-0.1, -0.05) is 57.7 Å². The summed E-state index contributed by atoms with van der Waals surface area (Å²) in [6.45, 7) is 17.2. The van der Waals surface area contributed by atoms with Crippen molar-refractivity contribution in [1.82, 2.24) is 4.72 Å². The molecule has 17 heavy (non-hydrogen) atoms. The van der Waals surface area contributed by atoms with Gasteiger partial charge in [-0.05, 0) is 33.1 Å². The first-order chi connectivity index (χ1) is 7.73. The van der Waals surface area contributed by atoms with Crippen molar-refractivity contribution in [2.24, 2.45) is 5.92 Å². The molecule has 0 heterocycles. The molecule has 0 radical (unpaired) electrons. The number of nitrogens with one attached hydrogen (secondary N) is 1. The SMILES string of the molecule is C=C(C)C(C)(S)SNC(C)(CC)C(CC)CC. The molecule has 0 aliphatic rings. The summed E-state index contributed by atoms with van der Waals surface area (Å²) in [6, 6.07) is 0. The summed E-state index contributed by atoms with van der Waals surface area (Å²) in [5.74, 6) is 0.703. The Kier molecular flexibility index (Phi) is 7.27. The monoisotopic (exact) mass is 275 g/mol. The predicted octanol–water partition coefficient (Wildman–Crippen LogP) is 5.05. The molecule has 0 bridgehead atoms. The highest BCUT2D eigenvalue weighted by molar-refractivity contribution is 8.10. The molecule has 0 aromatic rings. The standard InChI is InChI=1S/C14H29NS2/c1-8-12(9-2)13(6,10-3)15-17-14(7,16)11(4)5/h12,15-16H,4,8-10H2,1-3,5-7H3. The number of hydrogen-bond acceptors (Lipinski definition) is 3. The highest BCUT2D eigenvalue weighted by atomic mass is 32.2. The van der Waals surface area contributed by atoms with Crippen molar-refractivity contribution in [2.45, 2.75) is 70.4 Å². The Balaban J connectivity index is 4.65. The van der Waals surface area contributed by atoms with Gasteiger partial charge in [-0.3, -0.25) is 4.72 Å². The Hall–Kier alpha value is 0.400. The molecule has 1 N–H and O–H groups in total. The van der Waals surface area contributed by atoms with Crippen LogP contribution in [0, 0.1) is 5.92 Å². The molecule has 2 unspecified atom stereocenters. The topological polar surface area (TPSA) is 12.0 Å². The third-order valence-electron chi connectivity index (χ3n) is 3.90. The van der Waals surface area contributed by atoms with Crippen LogP contribution < -0.4 is 4.72 Å². The Morgan fingerprint density at radius 2 is 1.76 bits per heavy atom. The van der Waals surface area contributed by atoms with Gasteiger partial charge in [-0.15, -0.1) is 0 Å². The lowest BCUT2D eigenvalue weighted by Crippen LogP contribution is -2.46. The number of thiol groups is 1. The molecule has 0 aromatic carbocycles. The van der Waals surface area contributed by atoms with Crippen LogP contribution in [-0.2, 0) is 0 Å². The van der Waals surface area contributed by atoms with Crippen molar-refractivity contribution >= 4 is 24.6 Å². The lowest BCUT2D eigenvalue weighted by molar-refractivity contribution is 0.249. The lowest BCUT2D eigenvalue weighted by atomic mass is 9.81. The maximum Gasteiger partial charge on any atom is 0.0902 e. The molecule has 2 atom stereocenters. The van der Waals surface area contributed by atoms with Crippen molar-refractivity contribution in [3.05, 3.63) is 12.2 Å². The molecule has 1 nitrogen and oxygen atoms in total.